The van der Waals surface area contributed by atoms with Gasteiger partial charge in [-0.25, -0.2) is 4.98 Å². The molecule has 0 aliphatic heterocycles. The number of aromatic nitrogens is 1. The molecule has 1 aromatic carbocycles. The summed E-state index contributed by atoms with van der Waals surface area (Å²) in [6, 6.07) is 8.75. The van der Waals surface area contributed by atoms with Crippen molar-refractivity contribution in [2.75, 3.05) is 6.54 Å². The molecular weight excluding hydrogens is 236 g/mol. The first kappa shape index (κ1) is 13.8. The van der Waals surface area contributed by atoms with E-state index in [2.05, 4.69) is 43.2 Å². The summed E-state index contributed by atoms with van der Waals surface area (Å²) in [5.41, 5.74) is 2.34. The molecule has 0 unspecified atom stereocenters. The number of hydrogen-bond donors (Lipinski definition) is 1. The van der Waals surface area contributed by atoms with Crippen molar-refractivity contribution in [1.82, 2.24) is 10.3 Å². The molecule has 2 aromatic rings. The number of benzene rings is 1. The third-order valence-corrected chi connectivity index (χ3v) is 3.08. The van der Waals surface area contributed by atoms with E-state index in [1.54, 1.807) is 0 Å². The first-order chi connectivity index (χ1) is 9.16. The van der Waals surface area contributed by atoms with Gasteiger partial charge in [-0.1, -0.05) is 38.1 Å². The molecule has 0 amide bonds. The van der Waals surface area contributed by atoms with Crippen molar-refractivity contribution in [3.8, 4) is 11.3 Å². The van der Waals surface area contributed by atoms with Crippen LogP contribution in [0.25, 0.3) is 11.3 Å². The number of oxazole rings is 1. The molecule has 0 fully saturated rings. The zero-order valence-electron chi connectivity index (χ0n) is 11.9. The molecule has 1 heterocycles. The van der Waals surface area contributed by atoms with Gasteiger partial charge in [0.15, 0.2) is 11.7 Å². The summed E-state index contributed by atoms with van der Waals surface area (Å²) in [7, 11) is 0. The summed E-state index contributed by atoms with van der Waals surface area (Å²) in [5.74, 6) is 1.69. The molecular formula is C16H22N2O. The van der Waals surface area contributed by atoms with Gasteiger partial charge in [0.05, 0.1) is 6.20 Å². The molecule has 19 heavy (non-hydrogen) atoms. The summed E-state index contributed by atoms with van der Waals surface area (Å²) in [4.78, 5) is 4.36. The van der Waals surface area contributed by atoms with Crippen LogP contribution in [0.2, 0.25) is 0 Å². The predicted molar refractivity (Wildman–Crippen MR) is 78.1 cm³/mol. The first-order valence-corrected chi connectivity index (χ1v) is 6.91. The van der Waals surface area contributed by atoms with Crippen LogP contribution in [0.3, 0.4) is 0 Å². The molecule has 0 aliphatic rings. The zero-order chi connectivity index (χ0) is 13.7. The van der Waals surface area contributed by atoms with Crippen LogP contribution in [0.15, 0.2) is 34.9 Å². The van der Waals surface area contributed by atoms with Crippen molar-refractivity contribution in [3.05, 3.63) is 41.9 Å². The number of nitrogens with one attached hydrogen (secondary N) is 1. The Labute approximate surface area is 115 Å². The lowest BCUT2D eigenvalue weighted by molar-refractivity contribution is 0.484. The molecule has 0 radical (unpaired) electrons. The van der Waals surface area contributed by atoms with Gasteiger partial charge in [-0.3, -0.25) is 0 Å². The van der Waals surface area contributed by atoms with Gasteiger partial charge in [0.25, 0.3) is 0 Å². The Balaban J connectivity index is 1.94. The lowest BCUT2D eigenvalue weighted by Gasteiger charge is -2.06. The summed E-state index contributed by atoms with van der Waals surface area (Å²) in [6.45, 7) is 7.40. The fourth-order valence-electron chi connectivity index (χ4n) is 2.03. The third kappa shape index (κ3) is 3.93. The summed E-state index contributed by atoms with van der Waals surface area (Å²) in [6.07, 6.45) is 3.76. The van der Waals surface area contributed by atoms with E-state index in [4.69, 9.17) is 4.42 Å². The molecule has 0 saturated heterocycles. The smallest absolute Gasteiger partial charge is 0.194 e. The number of nitrogens with zero attached hydrogens (tertiary/aromatic N) is 1. The lowest BCUT2D eigenvalue weighted by atomic mass is 10.1. The fraction of sp³-hybridized carbons (Fsp3) is 0.438. The Morgan fingerprint density at radius 3 is 2.79 bits per heavy atom. The van der Waals surface area contributed by atoms with Crippen molar-refractivity contribution in [2.24, 2.45) is 0 Å². The number of aryl methyl sites for hydroxylation is 2. The predicted octanol–water partition coefficient (Wildman–Crippen LogP) is 3.58. The highest BCUT2D eigenvalue weighted by Gasteiger charge is 2.08. The summed E-state index contributed by atoms with van der Waals surface area (Å²) < 4.78 is 5.82. The first-order valence-electron chi connectivity index (χ1n) is 6.91. The van der Waals surface area contributed by atoms with E-state index >= 15 is 0 Å². The van der Waals surface area contributed by atoms with Crippen molar-refractivity contribution >= 4 is 0 Å². The minimum atomic E-state index is 0.534. The molecule has 2 rings (SSSR count). The van der Waals surface area contributed by atoms with Crippen LogP contribution in [0.4, 0.5) is 0 Å². The van der Waals surface area contributed by atoms with Gasteiger partial charge in [-0.05, 0) is 25.5 Å². The molecule has 1 aromatic heterocycles. The van der Waals surface area contributed by atoms with Crippen LogP contribution in [0.1, 0.15) is 31.7 Å². The van der Waals surface area contributed by atoms with E-state index in [9.17, 15) is 0 Å². The average Bonchev–Trinajstić information content (AvgIpc) is 2.83. The van der Waals surface area contributed by atoms with Crippen LogP contribution in [-0.2, 0) is 6.42 Å². The van der Waals surface area contributed by atoms with Crippen LogP contribution in [0, 0.1) is 6.92 Å². The van der Waals surface area contributed by atoms with Crippen LogP contribution in [-0.4, -0.2) is 17.6 Å². The second-order valence-corrected chi connectivity index (χ2v) is 5.15. The van der Waals surface area contributed by atoms with E-state index in [-0.39, 0.29) is 0 Å². The highest BCUT2D eigenvalue weighted by Crippen LogP contribution is 2.23. The van der Waals surface area contributed by atoms with Crippen molar-refractivity contribution in [2.45, 2.75) is 39.7 Å². The molecule has 102 valence electrons. The fourth-order valence-corrected chi connectivity index (χ4v) is 2.03. The van der Waals surface area contributed by atoms with Crippen LogP contribution in [0.5, 0.6) is 0 Å². The molecule has 3 heteroatoms. The lowest BCUT2D eigenvalue weighted by Crippen LogP contribution is -2.23. The molecule has 0 saturated carbocycles. The quantitative estimate of drug-likeness (QED) is 0.805. The molecule has 0 aliphatic carbocycles. The SMILES string of the molecule is Cc1ccccc1-c1cnc(CCCNC(C)C)o1. The maximum atomic E-state index is 5.82. The normalized spacial score (nSPS) is 11.2. The Hall–Kier alpha value is -1.61. The highest BCUT2D eigenvalue weighted by atomic mass is 16.4. The van der Waals surface area contributed by atoms with Gasteiger partial charge in [-0.2, -0.15) is 0 Å². The Morgan fingerprint density at radius 1 is 1.26 bits per heavy atom. The van der Waals surface area contributed by atoms with E-state index in [1.807, 2.05) is 18.3 Å². The van der Waals surface area contributed by atoms with Gasteiger partial charge in [-0.15, -0.1) is 0 Å². The maximum Gasteiger partial charge on any atom is 0.194 e. The largest absolute Gasteiger partial charge is 0.441 e. The second kappa shape index (κ2) is 6.53. The zero-order valence-corrected chi connectivity index (χ0v) is 11.9. The minimum absolute atomic E-state index is 0.534. The van der Waals surface area contributed by atoms with E-state index < -0.39 is 0 Å². The Bertz CT molecular complexity index is 517. The highest BCUT2D eigenvalue weighted by molar-refractivity contribution is 5.60. The topological polar surface area (TPSA) is 38.1 Å². The molecule has 3 nitrogen and oxygen atoms in total. The van der Waals surface area contributed by atoms with Crippen LogP contribution >= 0.6 is 0 Å². The minimum Gasteiger partial charge on any atom is -0.441 e. The summed E-state index contributed by atoms with van der Waals surface area (Å²) in [5, 5.41) is 3.39. The number of hydrogen-bond acceptors (Lipinski definition) is 3. The molecule has 0 bridgehead atoms. The standard InChI is InChI=1S/C16H22N2O/c1-12(2)17-10-6-9-16-18-11-15(19-16)14-8-5-4-7-13(14)3/h4-5,7-8,11-12,17H,6,9-10H2,1-3H3. The van der Waals surface area contributed by atoms with Crippen molar-refractivity contribution in [1.29, 1.82) is 0 Å². The monoisotopic (exact) mass is 258 g/mol. The summed E-state index contributed by atoms with van der Waals surface area (Å²) >= 11 is 0. The van der Waals surface area contributed by atoms with Crippen molar-refractivity contribution in [3.63, 3.8) is 0 Å². The average molecular weight is 258 g/mol. The Kier molecular flexibility index (Phi) is 4.74. The van der Waals surface area contributed by atoms with E-state index in [0.717, 1.165) is 36.6 Å². The van der Waals surface area contributed by atoms with Crippen LogP contribution < -0.4 is 5.32 Å². The van der Waals surface area contributed by atoms with E-state index in [1.165, 1.54) is 5.56 Å². The third-order valence-electron chi connectivity index (χ3n) is 3.08. The maximum absolute atomic E-state index is 5.82. The molecule has 1 N–H and O–H groups in total. The van der Waals surface area contributed by atoms with E-state index in [0.29, 0.717) is 6.04 Å². The van der Waals surface area contributed by atoms with Gasteiger partial charge >= 0.3 is 0 Å². The molecule has 0 atom stereocenters. The van der Waals surface area contributed by atoms with Gasteiger partial charge in [0, 0.05) is 18.0 Å². The van der Waals surface area contributed by atoms with Gasteiger partial charge < -0.3 is 9.73 Å². The number of rotatable bonds is 6. The second-order valence-electron chi connectivity index (χ2n) is 5.15. The Morgan fingerprint density at radius 2 is 2.05 bits per heavy atom. The molecule has 0 spiro atoms. The van der Waals surface area contributed by atoms with Crippen molar-refractivity contribution < 1.29 is 4.42 Å². The van der Waals surface area contributed by atoms with Gasteiger partial charge in [0.1, 0.15) is 0 Å². The van der Waals surface area contributed by atoms with Gasteiger partial charge in [0.2, 0.25) is 0 Å².